The fourth-order valence-corrected chi connectivity index (χ4v) is 1.56. The van der Waals surface area contributed by atoms with Gasteiger partial charge in [0.1, 0.15) is 5.82 Å². The maximum Gasteiger partial charge on any atom is 0.254 e. The monoisotopic (exact) mass is 180 g/mol. The zero-order chi connectivity index (χ0) is 9.26. The van der Waals surface area contributed by atoms with Crippen LogP contribution in [0.25, 0.3) is 0 Å². The van der Waals surface area contributed by atoms with E-state index in [0.29, 0.717) is 12.4 Å². The fourth-order valence-electron chi connectivity index (χ4n) is 1.56. The summed E-state index contributed by atoms with van der Waals surface area (Å²) >= 11 is 0. The van der Waals surface area contributed by atoms with Gasteiger partial charge in [0.05, 0.1) is 6.61 Å². The van der Waals surface area contributed by atoms with Gasteiger partial charge in [-0.15, -0.1) is 0 Å². The summed E-state index contributed by atoms with van der Waals surface area (Å²) in [5.41, 5.74) is 0.728. The molecular weight excluding hydrogens is 168 g/mol. The Morgan fingerprint density at radius 2 is 2.54 bits per heavy atom. The molecule has 1 N–H and O–H groups in total. The quantitative estimate of drug-likeness (QED) is 0.687. The highest BCUT2D eigenvalue weighted by molar-refractivity contribution is 5.13. The summed E-state index contributed by atoms with van der Waals surface area (Å²) in [6, 6.07) is 0. The zero-order valence-corrected chi connectivity index (χ0v) is 7.54. The zero-order valence-electron chi connectivity index (χ0n) is 7.54. The van der Waals surface area contributed by atoms with E-state index in [4.69, 9.17) is 4.74 Å². The average Bonchev–Trinajstić information content (AvgIpc) is 2.56. The number of H-pyrrole nitrogens is 1. The Morgan fingerprint density at radius 3 is 3.15 bits per heavy atom. The molecule has 0 amide bonds. The van der Waals surface area contributed by atoms with E-state index in [2.05, 4.69) is 9.97 Å². The van der Waals surface area contributed by atoms with E-state index in [1.165, 1.54) is 0 Å². The molecule has 1 aromatic heterocycles. The Balaban J connectivity index is 2.34. The number of hydrogen-bond donors (Lipinski definition) is 1. The minimum atomic E-state index is -0.0250. The lowest BCUT2D eigenvalue weighted by Gasteiger charge is -2.05. The molecule has 0 aliphatic carbocycles. The van der Waals surface area contributed by atoms with Crippen LogP contribution in [0.5, 0.6) is 0 Å². The van der Waals surface area contributed by atoms with E-state index in [1.54, 1.807) is 13.1 Å². The average molecular weight is 180 g/mol. The van der Waals surface area contributed by atoms with Crippen molar-refractivity contribution < 1.29 is 4.74 Å². The van der Waals surface area contributed by atoms with E-state index in [0.717, 1.165) is 18.6 Å². The number of ether oxygens (including phenoxy) is 1. The van der Waals surface area contributed by atoms with E-state index in [1.807, 2.05) is 0 Å². The van der Waals surface area contributed by atoms with Crippen LogP contribution in [-0.2, 0) is 4.74 Å². The van der Waals surface area contributed by atoms with Gasteiger partial charge in [-0.05, 0) is 13.3 Å². The molecule has 13 heavy (non-hydrogen) atoms. The number of aryl methyl sites for hydroxylation is 1. The van der Waals surface area contributed by atoms with Gasteiger partial charge < -0.3 is 9.72 Å². The molecule has 0 saturated carbocycles. The largest absolute Gasteiger partial charge is 0.381 e. The smallest absolute Gasteiger partial charge is 0.254 e. The van der Waals surface area contributed by atoms with Crippen LogP contribution in [0.2, 0.25) is 0 Å². The van der Waals surface area contributed by atoms with Crippen LogP contribution in [0.1, 0.15) is 23.7 Å². The third-order valence-corrected chi connectivity index (χ3v) is 2.32. The predicted octanol–water partition coefficient (Wildman–Crippen LogP) is 0.582. The van der Waals surface area contributed by atoms with Crippen molar-refractivity contribution in [3.05, 3.63) is 27.9 Å². The molecule has 1 aliphatic heterocycles. The molecule has 1 fully saturated rings. The molecule has 1 unspecified atom stereocenters. The topological polar surface area (TPSA) is 55.0 Å². The van der Waals surface area contributed by atoms with Gasteiger partial charge in [-0.1, -0.05) is 0 Å². The molecule has 0 radical (unpaired) electrons. The molecule has 1 atom stereocenters. The van der Waals surface area contributed by atoms with Gasteiger partial charge >= 0.3 is 0 Å². The first-order chi connectivity index (χ1) is 6.27. The van der Waals surface area contributed by atoms with Crippen molar-refractivity contribution in [3.63, 3.8) is 0 Å². The first-order valence-electron chi connectivity index (χ1n) is 4.41. The lowest BCUT2D eigenvalue weighted by molar-refractivity contribution is 0.193. The number of nitrogens with one attached hydrogen (secondary N) is 1. The summed E-state index contributed by atoms with van der Waals surface area (Å²) in [5.74, 6) is 0.893. The number of aromatic amines is 1. The lowest BCUT2D eigenvalue weighted by atomic mass is 10.0. The second-order valence-electron chi connectivity index (χ2n) is 3.31. The number of rotatable bonds is 1. The standard InChI is InChI=1S/C9H12N2O2/c1-6-10-4-8(9(12)11-6)7-2-3-13-5-7/h4,7H,2-3,5H2,1H3,(H,10,11,12). The van der Waals surface area contributed by atoms with E-state index in [9.17, 15) is 4.79 Å². The third-order valence-electron chi connectivity index (χ3n) is 2.32. The molecule has 2 heterocycles. The summed E-state index contributed by atoms with van der Waals surface area (Å²) in [5, 5.41) is 0. The van der Waals surface area contributed by atoms with Crippen molar-refractivity contribution in [1.29, 1.82) is 0 Å². The van der Waals surface area contributed by atoms with Gasteiger partial charge in [-0.3, -0.25) is 4.79 Å². The van der Waals surface area contributed by atoms with Crippen LogP contribution in [0, 0.1) is 6.92 Å². The molecule has 70 valence electrons. The highest BCUT2D eigenvalue weighted by Gasteiger charge is 2.20. The molecule has 1 aliphatic rings. The molecule has 4 nitrogen and oxygen atoms in total. The lowest BCUT2D eigenvalue weighted by Crippen LogP contribution is -2.18. The van der Waals surface area contributed by atoms with Gasteiger partial charge in [0.2, 0.25) is 0 Å². The van der Waals surface area contributed by atoms with Crippen molar-refractivity contribution in [3.8, 4) is 0 Å². The highest BCUT2D eigenvalue weighted by atomic mass is 16.5. The summed E-state index contributed by atoms with van der Waals surface area (Å²) in [7, 11) is 0. The normalized spacial score (nSPS) is 22.1. The molecule has 2 rings (SSSR count). The van der Waals surface area contributed by atoms with Crippen molar-refractivity contribution in [1.82, 2.24) is 9.97 Å². The molecular formula is C9H12N2O2. The molecule has 1 saturated heterocycles. The van der Waals surface area contributed by atoms with E-state index in [-0.39, 0.29) is 11.5 Å². The van der Waals surface area contributed by atoms with Gasteiger partial charge in [-0.2, -0.15) is 0 Å². The van der Waals surface area contributed by atoms with Crippen LogP contribution >= 0.6 is 0 Å². The minimum absolute atomic E-state index is 0.0250. The van der Waals surface area contributed by atoms with Crippen LogP contribution in [0.15, 0.2) is 11.0 Å². The van der Waals surface area contributed by atoms with Crippen LogP contribution in [0.3, 0.4) is 0 Å². The molecule has 4 heteroatoms. The van der Waals surface area contributed by atoms with Gasteiger partial charge in [-0.25, -0.2) is 4.98 Å². The number of hydrogen-bond acceptors (Lipinski definition) is 3. The SMILES string of the molecule is Cc1ncc(C2CCOC2)c(=O)[nH]1. The Hall–Kier alpha value is -1.16. The van der Waals surface area contributed by atoms with Gasteiger partial charge in [0.15, 0.2) is 0 Å². The van der Waals surface area contributed by atoms with Crippen molar-refractivity contribution in [2.24, 2.45) is 0 Å². The molecule has 0 aromatic carbocycles. The Bertz CT molecular complexity index is 353. The number of nitrogens with zero attached hydrogens (tertiary/aromatic N) is 1. The van der Waals surface area contributed by atoms with Crippen molar-refractivity contribution in [2.45, 2.75) is 19.3 Å². The maximum absolute atomic E-state index is 11.5. The fraction of sp³-hybridized carbons (Fsp3) is 0.556. The van der Waals surface area contributed by atoms with Crippen LogP contribution in [-0.4, -0.2) is 23.2 Å². The molecule has 0 bridgehead atoms. The Labute approximate surface area is 76.0 Å². The predicted molar refractivity (Wildman–Crippen MR) is 47.8 cm³/mol. The van der Waals surface area contributed by atoms with Crippen molar-refractivity contribution in [2.75, 3.05) is 13.2 Å². The summed E-state index contributed by atoms with van der Waals surface area (Å²) in [6.45, 7) is 3.17. The summed E-state index contributed by atoms with van der Waals surface area (Å²) in [6.07, 6.45) is 2.58. The van der Waals surface area contributed by atoms with Gasteiger partial charge in [0.25, 0.3) is 5.56 Å². The summed E-state index contributed by atoms with van der Waals surface area (Å²) < 4.78 is 5.22. The van der Waals surface area contributed by atoms with E-state index < -0.39 is 0 Å². The number of aromatic nitrogens is 2. The van der Waals surface area contributed by atoms with Crippen LogP contribution in [0.4, 0.5) is 0 Å². The maximum atomic E-state index is 11.5. The second-order valence-corrected chi connectivity index (χ2v) is 3.31. The molecule has 0 spiro atoms. The van der Waals surface area contributed by atoms with Gasteiger partial charge in [0, 0.05) is 24.3 Å². The van der Waals surface area contributed by atoms with E-state index >= 15 is 0 Å². The first kappa shape index (κ1) is 8.44. The first-order valence-corrected chi connectivity index (χ1v) is 4.41. The Kier molecular flexibility index (Phi) is 2.14. The van der Waals surface area contributed by atoms with Crippen LogP contribution < -0.4 is 5.56 Å². The Morgan fingerprint density at radius 1 is 1.69 bits per heavy atom. The minimum Gasteiger partial charge on any atom is -0.381 e. The second kappa shape index (κ2) is 3.30. The van der Waals surface area contributed by atoms with Crippen molar-refractivity contribution >= 4 is 0 Å². The third kappa shape index (κ3) is 1.62. The highest BCUT2D eigenvalue weighted by Crippen LogP contribution is 2.21. The molecule has 1 aromatic rings. The summed E-state index contributed by atoms with van der Waals surface area (Å²) in [4.78, 5) is 18.2.